The average Bonchev–Trinajstić information content (AvgIpc) is 3.06. The van der Waals surface area contributed by atoms with Crippen molar-refractivity contribution in [2.24, 2.45) is 0 Å². The number of amides is 1. The fourth-order valence-electron chi connectivity index (χ4n) is 2.95. The van der Waals surface area contributed by atoms with Gasteiger partial charge in [0.25, 0.3) is 5.91 Å². The Morgan fingerprint density at radius 3 is 2.15 bits per heavy atom. The third-order valence-corrected chi connectivity index (χ3v) is 5.06. The molecule has 4 rings (SSSR count). The SMILES string of the molecule is Nc1nc2ccc(C(=O)NC(c3ccccc3)c3ccccc3)cc2s1. The third-order valence-electron chi connectivity index (χ3n) is 4.21. The summed E-state index contributed by atoms with van der Waals surface area (Å²) in [7, 11) is 0. The monoisotopic (exact) mass is 359 g/mol. The van der Waals surface area contributed by atoms with E-state index in [0.717, 1.165) is 21.3 Å². The molecule has 0 aliphatic rings. The van der Waals surface area contributed by atoms with Gasteiger partial charge in [-0.05, 0) is 29.3 Å². The van der Waals surface area contributed by atoms with Gasteiger partial charge < -0.3 is 11.1 Å². The molecule has 0 saturated carbocycles. The van der Waals surface area contributed by atoms with E-state index in [-0.39, 0.29) is 11.9 Å². The topological polar surface area (TPSA) is 68.0 Å². The molecule has 3 N–H and O–H groups in total. The van der Waals surface area contributed by atoms with Crippen molar-refractivity contribution >= 4 is 32.6 Å². The van der Waals surface area contributed by atoms with E-state index in [4.69, 9.17) is 5.73 Å². The molecular formula is C21H17N3OS. The van der Waals surface area contributed by atoms with Gasteiger partial charge in [-0.25, -0.2) is 4.98 Å². The maximum atomic E-state index is 12.9. The minimum absolute atomic E-state index is 0.128. The Kier molecular flexibility index (Phi) is 4.37. The van der Waals surface area contributed by atoms with Gasteiger partial charge >= 0.3 is 0 Å². The highest BCUT2D eigenvalue weighted by Gasteiger charge is 2.18. The van der Waals surface area contributed by atoms with Gasteiger partial charge in [0.05, 0.1) is 16.3 Å². The number of nitrogen functional groups attached to an aromatic ring is 1. The zero-order chi connectivity index (χ0) is 17.9. The molecule has 0 aliphatic heterocycles. The number of aromatic nitrogens is 1. The van der Waals surface area contributed by atoms with Crippen LogP contribution in [0.15, 0.2) is 78.9 Å². The number of thiazole rings is 1. The minimum atomic E-state index is -0.216. The summed E-state index contributed by atoms with van der Waals surface area (Å²) in [4.78, 5) is 17.1. The summed E-state index contributed by atoms with van der Waals surface area (Å²) in [5.41, 5.74) is 9.24. The van der Waals surface area contributed by atoms with Crippen LogP contribution < -0.4 is 11.1 Å². The maximum absolute atomic E-state index is 12.9. The first-order chi connectivity index (χ1) is 12.7. The van der Waals surface area contributed by atoms with Crippen LogP contribution in [-0.4, -0.2) is 10.9 Å². The van der Waals surface area contributed by atoms with E-state index in [9.17, 15) is 4.79 Å². The number of carbonyl (C=O) groups is 1. The summed E-state index contributed by atoms with van der Waals surface area (Å²) in [6.07, 6.45) is 0. The van der Waals surface area contributed by atoms with Crippen LogP contribution in [0.5, 0.6) is 0 Å². The maximum Gasteiger partial charge on any atom is 0.252 e. The molecule has 3 aromatic carbocycles. The van der Waals surface area contributed by atoms with Gasteiger partial charge in [0.15, 0.2) is 5.13 Å². The molecule has 1 heterocycles. The molecule has 0 atom stereocenters. The van der Waals surface area contributed by atoms with E-state index in [1.165, 1.54) is 11.3 Å². The van der Waals surface area contributed by atoms with E-state index in [2.05, 4.69) is 10.3 Å². The Labute approximate surface area is 155 Å². The van der Waals surface area contributed by atoms with Crippen molar-refractivity contribution in [3.63, 3.8) is 0 Å². The number of fused-ring (bicyclic) bond motifs is 1. The highest BCUT2D eigenvalue weighted by Crippen LogP contribution is 2.26. The van der Waals surface area contributed by atoms with Crippen molar-refractivity contribution < 1.29 is 4.79 Å². The van der Waals surface area contributed by atoms with Crippen LogP contribution in [0.4, 0.5) is 5.13 Å². The van der Waals surface area contributed by atoms with Gasteiger partial charge in [0.1, 0.15) is 0 Å². The number of carbonyl (C=O) groups excluding carboxylic acids is 1. The lowest BCUT2D eigenvalue weighted by molar-refractivity contribution is 0.0943. The minimum Gasteiger partial charge on any atom is -0.375 e. The van der Waals surface area contributed by atoms with Crippen molar-refractivity contribution in [1.29, 1.82) is 0 Å². The smallest absolute Gasteiger partial charge is 0.252 e. The van der Waals surface area contributed by atoms with Crippen molar-refractivity contribution in [2.75, 3.05) is 5.73 Å². The van der Waals surface area contributed by atoms with E-state index < -0.39 is 0 Å². The number of nitrogens with zero attached hydrogens (tertiary/aromatic N) is 1. The lowest BCUT2D eigenvalue weighted by Crippen LogP contribution is -2.29. The molecule has 4 aromatic rings. The highest BCUT2D eigenvalue weighted by molar-refractivity contribution is 7.22. The largest absolute Gasteiger partial charge is 0.375 e. The van der Waals surface area contributed by atoms with Crippen molar-refractivity contribution in [2.45, 2.75) is 6.04 Å². The predicted molar refractivity (Wildman–Crippen MR) is 106 cm³/mol. The van der Waals surface area contributed by atoms with Gasteiger partial charge in [0, 0.05) is 5.56 Å². The lowest BCUT2D eigenvalue weighted by Gasteiger charge is -2.20. The Morgan fingerprint density at radius 2 is 1.54 bits per heavy atom. The van der Waals surface area contributed by atoms with E-state index >= 15 is 0 Å². The molecule has 0 spiro atoms. The van der Waals surface area contributed by atoms with Crippen LogP contribution >= 0.6 is 11.3 Å². The second-order valence-electron chi connectivity index (χ2n) is 5.96. The fourth-order valence-corrected chi connectivity index (χ4v) is 3.72. The summed E-state index contributed by atoms with van der Waals surface area (Å²) in [6.45, 7) is 0. The number of anilines is 1. The van der Waals surface area contributed by atoms with Gasteiger partial charge in [-0.1, -0.05) is 72.0 Å². The number of nitrogens with two attached hydrogens (primary N) is 1. The van der Waals surface area contributed by atoms with Crippen LogP contribution in [-0.2, 0) is 0 Å². The Morgan fingerprint density at radius 1 is 0.923 bits per heavy atom. The first kappa shape index (κ1) is 16.3. The predicted octanol–water partition coefficient (Wildman–Crippen LogP) is 4.40. The average molecular weight is 359 g/mol. The lowest BCUT2D eigenvalue weighted by atomic mass is 9.98. The van der Waals surface area contributed by atoms with Crippen molar-refractivity contribution in [3.05, 3.63) is 95.6 Å². The van der Waals surface area contributed by atoms with Crippen LogP contribution in [0, 0.1) is 0 Å². The quantitative estimate of drug-likeness (QED) is 0.567. The van der Waals surface area contributed by atoms with Crippen molar-refractivity contribution in [1.82, 2.24) is 10.3 Å². The molecule has 0 bridgehead atoms. The van der Waals surface area contributed by atoms with Crippen molar-refractivity contribution in [3.8, 4) is 0 Å². The summed E-state index contributed by atoms with van der Waals surface area (Å²) in [5.74, 6) is -0.128. The first-order valence-electron chi connectivity index (χ1n) is 8.27. The van der Waals surface area contributed by atoms with Crippen LogP contribution in [0.25, 0.3) is 10.2 Å². The third kappa shape index (κ3) is 3.30. The normalized spacial score (nSPS) is 11.0. The summed E-state index contributed by atoms with van der Waals surface area (Å²) < 4.78 is 0.908. The summed E-state index contributed by atoms with van der Waals surface area (Å²) in [6, 6.07) is 25.1. The molecule has 26 heavy (non-hydrogen) atoms. The van der Waals surface area contributed by atoms with Gasteiger partial charge in [-0.2, -0.15) is 0 Å². The standard InChI is InChI=1S/C21H17N3OS/c22-21-23-17-12-11-16(13-18(17)26-21)20(25)24-19(14-7-3-1-4-8-14)15-9-5-2-6-10-15/h1-13,19H,(H2,22,23)(H,24,25). The number of nitrogens with one attached hydrogen (secondary N) is 1. The molecule has 0 aliphatic carbocycles. The van der Waals surface area contributed by atoms with Gasteiger partial charge in [0.2, 0.25) is 0 Å². The molecule has 1 aromatic heterocycles. The Hall–Kier alpha value is -3.18. The number of hydrogen-bond acceptors (Lipinski definition) is 4. The number of rotatable bonds is 4. The molecule has 4 nitrogen and oxygen atoms in total. The fraction of sp³-hybridized carbons (Fsp3) is 0.0476. The molecule has 0 radical (unpaired) electrons. The zero-order valence-corrected chi connectivity index (χ0v) is 14.7. The Balaban J connectivity index is 1.67. The van der Waals surface area contributed by atoms with E-state index in [0.29, 0.717) is 10.7 Å². The molecule has 128 valence electrons. The van der Waals surface area contributed by atoms with Gasteiger partial charge in [-0.15, -0.1) is 0 Å². The van der Waals surface area contributed by atoms with E-state index in [1.807, 2.05) is 72.8 Å². The highest BCUT2D eigenvalue weighted by atomic mass is 32.1. The molecular weight excluding hydrogens is 342 g/mol. The first-order valence-corrected chi connectivity index (χ1v) is 9.09. The van der Waals surface area contributed by atoms with Crippen LogP contribution in [0.3, 0.4) is 0 Å². The van der Waals surface area contributed by atoms with E-state index in [1.54, 1.807) is 6.07 Å². The molecule has 5 heteroatoms. The number of hydrogen-bond donors (Lipinski definition) is 2. The van der Waals surface area contributed by atoms with Crippen LogP contribution in [0.1, 0.15) is 27.5 Å². The molecule has 0 fully saturated rings. The molecule has 0 saturated heterocycles. The number of benzene rings is 3. The second-order valence-corrected chi connectivity index (χ2v) is 7.02. The zero-order valence-electron chi connectivity index (χ0n) is 13.9. The second kappa shape index (κ2) is 6.98. The Bertz CT molecular complexity index is 1010. The van der Waals surface area contributed by atoms with Crippen LogP contribution in [0.2, 0.25) is 0 Å². The van der Waals surface area contributed by atoms with Gasteiger partial charge in [-0.3, -0.25) is 4.79 Å². The summed E-state index contributed by atoms with van der Waals surface area (Å²) in [5, 5.41) is 3.66. The summed E-state index contributed by atoms with van der Waals surface area (Å²) >= 11 is 1.38. The molecule has 0 unspecified atom stereocenters. The molecule has 1 amide bonds.